The van der Waals surface area contributed by atoms with Crippen LogP contribution < -0.4 is 0 Å². The molecule has 1 heterocycles. The number of aromatic nitrogens is 2. The molecular formula is C11H12ClN3. The van der Waals surface area contributed by atoms with E-state index < -0.39 is 0 Å². The van der Waals surface area contributed by atoms with E-state index in [1.54, 1.807) is 6.33 Å². The van der Waals surface area contributed by atoms with Crippen LogP contribution in [0, 0.1) is 11.3 Å². The molecule has 3 nitrogen and oxygen atoms in total. The fourth-order valence-electron chi connectivity index (χ4n) is 2.02. The van der Waals surface area contributed by atoms with Gasteiger partial charge < -0.3 is 0 Å². The van der Waals surface area contributed by atoms with Gasteiger partial charge in [-0.3, -0.25) is 0 Å². The molecule has 2 rings (SSSR count). The Kier molecular flexibility index (Phi) is 3.17. The third-order valence-electron chi connectivity index (χ3n) is 2.80. The third kappa shape index (κ3) is 1.95. The maximum Gasteiger partial charge on any atom is 0.116 e. The predicted molar refractivity (Wildman–Crippen MR) is 57.7 cm³/mol. The maximum atomic E-state index is 8.99. The van der Waals surface area contributed by atoms with Crippen molar-refractivity contribution in [2.45, 2.75) is 31.6 Å². The molecule has 0 aromatic carbocycles. The zero-order valence-corrected chi connectivity index (χ0v) is 9.17. The number of aryl methyl sites for hydroxylation is 1. The van der Waals surface area contributed by atoms with E-state index in [0.717, 1.165) is 36.2 Å². The van der Waals surface area contributed by atoms with Gasteiger partial charge in [-0.15, -0.1) is 11.6 Å². The van der Waals surface area contributed by atoms with Gasteiger partial charge in [-0.25, -0.2) is 9.97 Å². The van der Waals surface area contributed by atoms with E-state index in [4.69, 9.17) is 16.9 Å². The van der Waals surface area contributed by atoms with E-state index in [1.165, 1.54) is 6.42 Å². The Morgan fingerprint density at radius 1 is 1.40 bits per heavy atom. The van der Waals surface area contributed by atoms with Crippen molar-refractivity contribution >= 4 is 11.6 Å². The van der Waals surface area contributed by atoms with E-state index in [9.17, 15) is 0 Å². The van der Waals surface area contributed by atoms with Gasteiger partial charge in [0.25, 0.3) is 0 Å². The highest BCUT2D eigenvalue weighted by Gasteiger charge is 2.20. The van der Waals surface area contributed by atoms with Crippen LogP contribution in [0.1, 0.15) is 35.7 Å². The van der Waals surface area contributed by atoms with Crippen LogP contribution in [-0.2, 0) is 12.8 Å². The molecule has 0 spiro atoms. The van der Waals surface area contributed by atoms with Gasteiger partial charge in [0.05, 0.1) is 11.8 Å². The molecule has 0 saturated carbocycles. The fourth-order valence-corrected chi connectivity index (χ4v) is 2.23. The normalized spacial score (nSPS) is 16.5. The summed E-state index contributed by atoms with van der Waals surface area (Å²) in [5, 5.41) is 8.99. The molecule has 1 aromatic heterocycles. The van der Waals surface area contributed by atoms with Gasteiger partial charge in [-0.2, -0.15) is 5.26 Å². The number of rotatable bonds is 2. The van der Waals surface area contributed by atoms with Crippen LogP contribution in [0.4, 0.5) is 0 Å². The third-order valence-corrected chi connectivity index (χ3v) is 3.11. The van der Waals surface area contributed by atoms with Crippen LogP contribution in [0.3, 0.4) is 0 Å². The smallest absolute Gasteiger partial charge is 0.116 e. The van der Waals surface area contributed by atoms with Gasteiger partial charge in [0.1, 0.15) is 12.2 Å². The van der Waals surface area contributed by atoms with Crippen molar-refractivity contribution in [2.24, 2.45) is 0 Å². The fraction of sp³-hybridized carbons (Fsp3) is 0.545. The summed E-state index contributed by atoms with van der Waals surface area (Å²) >= 11 is 5.76. The molecule has 0 N–H and O–H groups in total. The Morgan fingerprint density at radius 2 is 2.20 bits per heavy atom. The van der Waals surface area contributed by atoms with Crippen molar-refractivity contribution in [1.82, 2.24) is 9.97 Å². The molecule has 0 fully saturated rings. The van der Waals surface area contributed by atoms with Crippen molar-refractivity contribution in [3.63, 3.8) is 0 Å². The van der Waals surface area contributed by atoms with Crippen molar-refractivity contribution in [2.75, 3.05) is 5.88 Å². The number of nitriles is 1. The zero-order valence-electron chi connectivity index (χ0n) is 8.41. The van der Waals surface area contributed by atoms with E-state index in [1.807, 2.05) is 0 Å². The number of nitrogens with zero attached hydrogens (tertiary/aromatic N) is 3. The Balaban J connectivity index is 2.43. The Labute approximate surface area is 94.1 Å². The van der Waals surface area contributed by atoms with Crippen molar-refractivity contribution in [3.8, 4) is 6.07 Å². The minimum Gasteiger partial charge on any atom is -0.241 e. The van der Waals surface area contributed by atoms with E-state index >= 15 is 0 Å². The quantitative estimate of drug-likeness (QED) is 0.720. The molecule has 15 heavy (non-hydrogen) atoms. The first-order chi connectivity index (χ1) is 7.36. The molecule has 0 aliphatic heterocycles. The molecule has 78 valence electrons. The summed E-state index contributed by atoms with van der Waals surface area (Å²) in [7, 11) is 0. The summed E-state index contributed by atoms with van der Waals surface area (Å²) in [5.41, 5.74) is 3.12. The second kappa shape index (κ2) is 4.59. The summed E-state index contributed by atoms with van der Waals surface area (Å²) in [4.78, 5) is 8.48. The molecule has 4 heteroatoms. The molecule has 1 unspecified atom stereocenters. The topological polar surface area (TPSA) is 49.6 Å². The van der Waals surface area contributed by atoms with Crippen LogP contribution in [0.2, 0.25) is 0 Å². The lowest BCUT2D eigenvalue weighted by molar-refractivity contribution is 0.647. The molecule has 1 aliphatic rings. The van der Waals surface area contributed by atoms with Crippen LogP contribution in [-0.4, -0.2) is 15.8 Å². The van der Waals surface area contributed by atoms with Gasteiger partial charge in [-0.1, -0.05) is 0 Å². The second-order valence-corrected chi connectivity index (χ2v) is 4.04. The van der Waals surface area contributed by atoms with Crippen LogP contribution in [0.25, 0.3) is 0 Å². The Morgan fingerprint density at radius 3 is 2.93 bits per heavy atom. The predicted octanol–water partition coefficient (Wildman–Crippen LogP) is 2.20. The largest absolute Gasteiger partial charge is 0.241 e. The van der Waals surface area contributed by atoms with Crippen LogP contribution >= 0.6 is 11.6 Å². The number of fused-ring (bicyclic) bond motifs is 1. The molecule has 0 radical (unpaired) electrons. The molecule has 1 aliphatic carbocycles. The van der Waals surface area contributed by atoms with Gasteiger partial charge in [0, 0.05) is 11.6 Å². The molecule has 1 aromatic rings. The van der Waals surface area contributed by atoms with E-state index in [-0.39, 0.29) is 5.92 Å². The molecule has 0 bridgehead atoms. The summed E-state index contributed by atoms with van der Waals surface area (Å²) in [6.07, 6.45) is 5.89. The van der Waals surface area contributed by atoms with Crippen LogP contribution in [0.15, 0.2) is 6.33 Å². The number of halogens is 1. The standard InChI is InChI=1S/C11H12ClN3/c12-5-8(6-13)11-9-3-1-2-4-10(9)14-7-15-11/h7-8H,1-5H2. The van der Waals surface area contributed by atoms with E-state index in [0.29, 0.717) is 5.88 Å². The van der Waals surface area contributed by atoms with Crippen molar-refractivity contribution in [1.29, 1.82) is 5.26 Å². The lowest BCUT2D eigenvalue weighted by Crippen LogP contribution is -2.13. The number of hydrogen-bond acceptors (Lipinski definition) is 3. The molecule has 1 atom stereocenters. The Hall–Kier alpha value is -1.14. The number of hydrogen-bond donors (Lipinski definition) is 0. The zero-order chi connectivity index (χ0) is 10.7. The molecule has 0 amide bonds. The summed E-state index contributed by atoms with van der Waals surface area (Å²) in [6.45, 7) is 0. The average molecular weight is 222 g/mol. The van der Waals surface area contributed by atoms with Gasteiger partial charge in [0.2, 0.25) is 0 Å². The van der Waals surface area contributed by atoms with Gasteiger partial charge in [-0.05, 0) is 31.2 Å². The first kappa shape index (κ1) is 10.4. The lowest BCUT2D eigenvalue weighted by Gasteiger charge is -2.18. The first-order valence-electron chi connectivity index (χ1n) is 5.15. The van der Waals surface area contributed by atoms with E-state index in [2.05, 4.69) is 16.0 Å². The maximum absolute atomic E-state index is 8.99. The minimum absolute atomic E-state index is 0.290. The number of alkyl halides is 1. The molecule has 0 saturated heterocycles. The highest BCUT2D eigenvalue weighted by atomic mass is 35.5. The highest BCUT2D eigenvalue weighted by molar-refractivity contribution is 6.18. The Bertz CT molecular complexity index is 397. The SMILES string of the molecule is N#CC(CCl)c1ncnc2c1CCCC2. The lowest BCUT2D eigenvalue weighted by atomic mass is 9.91. The van der Waals surface area contributed by atoms with Gasteiger partial charge in [0.15, 0.2) is 0 Å². The van der Waals surface area contributed by atoms with Crippen molar-refractivity contribution < 1.29 is 0 Å². The second-order valence-electron chi connectivity index (χ2n) is 3.73. The monoisotopic (exact) mass is 221 g/mol. The average Bonchev–Trinajstić information content (AvgIpc) is 2.31. The summed E-state index contributed by atoms with van der Waals surface area (Å²) < 4.78 is 0. The summed E-state index contributed by atoms with van der Waals surface area (Å²) in [5.74, 6) is 0.0152. The van der Waals surface area contributed by atoms with Crippen molar-refractivity contribution in [3.05, 3.63) is 23.3 Å². The molecular weight excluding hydrogens is 210 g/mol. The summed E-state index contributed by atoms with van der Waals surface area (Å²) in [6, 6.07) is 2.20. The van der Waals surface area contributed by atoms with Crippen LogP contribution in [0.5, 0.6) is 0 Å². The first-order valence-corrected chi connectivity index (χ1v) is 5.68. The highest BCUT2D eigenvalue weighted by Crippen LogP contribution is 2.26. The minimum atomic E-state index is -0.290. The van der Waals surface area contributed by atoms with Gasteiger partial charge >= 0.3 is 0 Å².